The van der Waals surface area contributed by atoms with Crippen LogP contribution in [-0.2, 0) is 0 Å². The van der Waals surface area contributed by atoms with Crippen LogP contribution >= 0.6 is 23.4 Å². The van der Waals surface area contributed by atoms with Crippen LogP contribution in [0.3, 0.4) is 0 Å². The molecule has 19 heavy (non-hydrogen) atoms. The number of aromatic nitrogens is 1. The van der Waals surface area contributed by atoms with E-state index in [0.29, 0.717) is 21.6 Å². The summed E-state index contributed by atoms with van der Waals surface area (Å²) in [6.45, 7) is 1.83. The molecule has 100 valence electrons. The van der Waals surface area contributed by atoms with E-state index in [-0.39, 0.29) is 11.5 Å². The number of carbonyl (C=O) groups excluding carboxylic acids is 1. The van der Waals surface area contributed by atoms with Crippen LogP contribution in [0, 0.1) is 6.92 Å². The maximum Gasteiger partial charge on any atom is 0.256 e. The number of rotatable bonds is 5. The van der Waals surface area contributed by atoms with E-state index >= 15 is 0 Å². The van der Waals surface area contributed by atoms with E-state index < -0.39 is 0 Å². The molecular weight excluding hydrogens is 286 g/mol. The average Bonchev–Trinajstić information content (AvgIpc) is 2.81. The molecule has 6 heteroatoms. The smallest absolute Gasteiger partial charge is 0.256 e. The molecule has 0 atom stereocenters. The quantitative estimate of drug-likeness (QED) is 0.623. The van der Waals surface area contributed by atoms with E-state index in [1.54, 1.807) is 24.5 Å². The van der Waals surface area contributed by atoms with Gasteiger partial charge in [-0.2, -0.15) is 0 Å². The topological polar surface area (TPSA) is 52.3 Å². The highest BCUT2D eigenvalue weighted by Crippen LogP contribution is 2.26. The number of ether oxygens (including phenoxy) is 1. The second-order valence-electron chi connectivity index (χ2n) is 3.82. The van der Waals surface area contributed by atoms with Crippen molar-refractivity contribution < 1.29 is 13.9 Å². The number of nitrogens with zero attached hydrogens (tertiary/aromatic N) is 1. The summed E-state index contributed by atoms with van der Waals surface area (Å²) < 4.78 is 10.2. The minimum absolute atomic E-state index is 0.0367. The van der Waals surface area contributed by atoms with Crippen molar-refractivity contribution in [1.29, 1.82) is 0 Å². The molecule has 0 amide bonds. The van der Waals surface area contributed by atoms with Gasteiger partial charge >= 0.3 is 0 Å². The number of benzene rings is 1. The molecule has 4 nitrogen and oxygen atoms in total. The molecule has 0 bridgehead atoms. The van der Waals surface area contributed by atoms with Crippen LogP contribution < -0.4 is 4.74 Å². The van der Waals surface area contributed by atoms with Crippen molar-refractivity contribution in [1.82, 2.24) is 4.98 Å². The summed E-state index contributed by atoms with van der Waals surface area (Å²) >= 11 is 7.24. The summed E-state index contributed by atoms with van der Waals surface area (Å²) in [5.41, 5.74) is 1.34. The van der Waals surface area contributed by atoms with E-state index in [0.717, 1.165) is 5.69 Å². The number of ketones is 1. The van der Waals surface area contributed by atoms with Crippen molar-refractivity contribution in [3.63, 3.8) is 0 Å². The van der Waals surface area contributed by atoms with Crippen molar-refractivity contribution in [2.45, 2.75) is 12.1 Å². The third kappa shape index (κ3) is 3.52. The van der Waals surface area contributed by atoms with Crippen LogP contribution in [-0.4, -0.2) is 23.6 Å². The van der Waals surface area contributed by atoms with Crippen LogP contribution in [0.1, 0.15) is 16.1 Å². The predicted molar refractivity (Wildman–Crippen MR) is 74.3 cm³/mol. The lowest BCUT2D eigenvalue weighted by molar-refractivity contribution is 0.102. The van der Waals surface area contributed by atoms with E-state index in [9.17, 15) is 4.79 Å². The second-order valence-corrected chi connectivity index (χ2v) is 5.15. The van der Waals surface area contributed by atoms with Gasteiger partial charge in [-0.3, -0.25) is 4.79 Å². The molecule has 0 aliphatic carbocycles. The third-order valence-corrected chi connectivity index (χ3v) is 3.53. The van der Waals surface area contributed by atoms with Crippen LogP contribution in [0.5, 0.6) is 5.75 Å². The molecule has 0 N–H and O–H groups in total. The van der Waals surface area contributed by atoms with Crippen LogP contribution in [0.4, 0.5) is 0 Å². The molecule has 1 aromatic heterocycles. The van der Waals surface area contributed by atoms with Gasteiger partial charge in [0.2, 0.25) is 0 Å². The lowest BCUT2D eigenvalue weighted by atomic mass is 10.1. The van der Waals surface area contributed by atoms with E-state index in [2.05, 4.69) is 4.98 Å². The molecule has 0 saturated heterocycles. The van der Waals surface area contributed by atoms with E-state index in [1.165, 1.54) is 18.9 Å². The largest absolute Gasteiger partial charge is 0.495 e. The molecule has 0 aliphatic heterocycles. The Balaban J connectivity index is 2.01. The zero-order valence-electron chi connectivity index (χ0n) is 10.5. The molecule has 0 radical (unpaired) electrons. The Morgan fingerprint density at radius 1 is 1.53 bits per heavy atom. The maximum atomic E-state index is 12.0. The summed E-state index contributed by atoms with van der Waals surface area (Å²) in [7, 11) is 1.53. The lowest BCUT2D eigenvalue weighted by Gasteiger charge is -2.04. The average molecular weight is 298 g/mol. The number of Topliss-reactive ketones (excluding diaryl/α,β-unsaturated/α-hetero) is 1. The zero-order valence-corrected chi connectivity index (χ0v) is 12.0. The molecule has 2 aromatic rings. The van der Waals surface area contributed by atoms with E-state index in [1.807, 2.05) is 6.92 Å². The van der Waals surface area contributed by atoms with Crippen molar-refractivity contribution in [2.24, 2.45) is 0 Å². The molecule has 1 aromatic carbocycles. The SMILES string of the molecule is COc1ccc(C(=O)CSc2nc(C)co2)cc1Cl. The van der Waals surface area contributed by atoms with Crippen molar-refractivity contribution in [3.05, 3.63) is 40.7 Å². The summed E-state index contributed by atoms with van der Waals surface area (Å²) in [4.78, 5) is 16.1. The Labute approximate surface area is 120 Å². The molecular formula is C13H12ClNO3S. The number of oxazole rings is 1. The third-order valence-electron chi connectivity index (χ3n) is 2.40. The number of halogens is 1. The summed E-state index contributed by atoms with van der Waals surface area (Å²) in [5.74, 6) is 0.766. The Hall–Kier alpha value is -1.46. The number of hydrogen-bond acceptors (Lipinski definition) is 5. The van der Waals surface area contributed by atoms with Gasteiger partial charge in [0.15, 0.2) is 5.78 Å². The predicted octanol–water partition coefficient (Wildman–Crippen LogP) is 3.62. The summed E-state index contributed by atoms with van der Waals surface area (Å²) in [6, 6.07) is 4.97. The van der Waals surface area contributed by atoms with Gasteiger partial charge in [-0.25, -0.2) is 4.98 Å². The summed E-state index contributed by atoms with van der Waals surface area (Å²) in [5, 5.41) is 0.913. The van der Waals surface area contributed by atoms with Gasteiger partial charge in [-0.15, -0.1) is 0 Å². The van der Waals surface area contributed by atoms with Crippen LogP contribution in [0.25, 0.3) is 0 Å². The lowest BCUT2D eigenvalue weighted by Crippen LogP contribution is -2.02. The minimum Gasteiger partial charge on any atom is -0.495 e. The number of methoxy groups -OCH3 is 1. The van der Waals surface area contributed by atoms with E-state index in [4.69, 9.17) is 20.8 Å². The van der Waals surface area contributed by atoms with Crippen molar-refractivity contribution in [3.8, 4) is 5.75 Å². The highest BCUT2D eigenvalue weighted by molar-refractivity contribution is 7.99. The van der Waals surface area contributed by atoms with Gasteiger partial charge in [0.25, 0.3) is 5.22 Å². The molecule has 2 rings (SSSR count). The van der Waals surface area contributed by atoms with Gasteiger partial charge in [0, 0.05) is 5.56 Å². The standard InChI is InChI=1S/C13H12ClNO3S/c1-8-6-18-13(15-8)19-7-11(16)9-3-4-12(17-2)10(14)5-9/h3-6H,7H2,1-2H3. The van der Waals surface area contributed by atoms with Crippen molar-refractivity contribution in [2.75, 3.05) is 12.9 Å². The Kier molecular flexibility index (Phi) is 4.50. The van der Waals surface area contributed by atoms with Crippen molar-refractivity contribution >= 4 is 29.1 Å². The molecule has 0 aliphatic rings. The fraction of sp³-hybridized carbons (Fsp3) is 0.231. The normalized spacial score (nSPS) is 10.5. The second kappa shape index (κ2) is 6.12. The molecule has 0 unspecified atom stereocenters. The highest BCUT2D eigenvalue weighted by atomic mass is 35.5. The molecule has 1 heterocycles. The Morgan fingerprint density at radius 3 is 2.89 bits per heavy atom. The van der Waals surface area contributed by atoms with Gasteiger partial charge in [0.05, 0.1) is 23.6 Å². The first-order valence-electron chi connectivity index (χ1n) is 5.52. The number of hydrogen-bond donors (Lipinski definition) is 0. The Bertz CT molecular complexity index is 597. The number of carbonyl (C=O) groups is 1. The molecule has 0 spiro atoms. The highest BCUT2D eigenvalue weighted by Gasteiger charge is 2.11. The number of thioether (sulfide) groups is 1. The van der Waals surface area contributed by atoms with Gasteiger partial charge in [-0.05, 0) is 25.1 Å². The fourth-order valence-electron chi connectivity index (χ4n) is 1.45. The van der Waals surface area contributed by atoms with Gasteiger partial charge in [0.1, 0.15) is 12.0 Å². The first-order chi connectivity index (χ1) is 9.10. The molecule has 0 saturated carbocycles. The molecule has 0 fully saturated rings. The first kappa shape index (κ1) is 14.0. The monoisotopic (exact) mass is 297 g/mol. The number of aryl methyl sites for hydroxylation is 1. The summed E-state index contributed by atoms with van der Waals surface area (Å²) in [6.07, 6.45) is 1.55. The minimum atomic E-state index is -0.0367. The Morgan fingerprint density at radius 2 is 2.32 bits per heavy atom. The fourth-order valence-corrected chi connectivity index (χ4v) is 2.45. The zero-order chi connectivity index (χ0) is 13.8. The van der Waals surface area contributed by atoms with Gasteiger partial charge < -0.3 is 9.15 Å². The maximum absolute atomic E-state index is 12.0. The first-order valence-corrected chi connectivity index (χ1v) is 6.88. The van der Waals surface area contributed by atoms with Gasteiger partial charge in [-0.1, -0.05) is 23.4 Å². The van der Waals surface area contributed by atoms with Crippen LogP contribution in [0.15, 0.2) is 34.1 Å². The van der Waals surface area contributed by atoms with Crippen LogP contribution in [0.2, 0.25) is 5.02 Å².